The fraction of sp³-hybridized carbons (Fsp3) is 0.417. The SMILES string of the molecule is NC(=NCC(=O)N1CCC(Cc2ccccc2)CC1)Nc1ccc2c(c1)CCC2. The summed E-state index contributed by atoms with van der Waals surface area (Å²) in [6.07, 6.45) is 6.70. The predicted molar refractivity (Wildman–Crippen MR) is 118 cm³/mol. The number of nitrogens with one attached hydrogen (secondary N) is 1. The van der Waals surface area contributed by atoms with Crippen LogP contribution in [0.3, 0.4) is 0 Å². The molecule has 1 heterocycles. The molecule has 0 unspecified atom stereocenters. The van der Waals surface area contributed by atoms with Gasteiger partial charge in [-0.05, 0) is 73.3 Å². The van der Waals surface area contributed by atoms with Crippen LogP contribution < -0.4 is 11.1 Å². The predicted octanol–water partition coefficient (Wildman–Crippen LogP) is 3.38. The third kappa shape index (κ3) is 5.17. The number of amides is 1. The van der Waals surface area contributed by atoms with Gasteiger partial charge in [-0.2, -0.15) is 0 Å². The summed E-state index contributed by atoms with van der Waals surface area (Å²) in [6, 6.07) is 16.9. The summed E-state index contributed by atoms with van der Waals surface area (Å²) in [4.78, 5) is 18.7. The van der Waals surface area contributed by atoms with Crippen LogP contribution in [0.2, 0.25) is 0 Å². The van der Waals surface area contributed by atoms with Crippen LogP contribution in [0.5, 0.6) is 0 Å². The Bertz CT molecular complexity index is 870. The Balaban J connectivity index is 1.23. The quantitative estimate of drug-likeness (QED) is 0.607. The normalized spacial score (nSPS) is 17.2. The molecule has 0 saturated carbocycles. The number of anilines is 1. The number of nitrogens with two attached hydrogens (primary N) is 1. The zero-order valence-corrected chi connectivity index (χ0v) is 16.9. The van der Waals surface area contributed by atoms with Gasteiger partial charge in [0.15, 0.2) is 5.96 Å². The second kappa shape index (κ2) is 9.12. The van der Waals surface area contributed by atoms with Crippen molar-refractivity contribution >= 4 is 17.6 Å². The van der Waals surface area contributed by atoms with E-state index in [1.165, 1.54) is 23.1 Å². The number of rotatable bonds is 5. The van der Waals surface area contributed by atoms with E-state index in [0.29, 0.717) is 11.9 Å². The van der Waals surface area contributed by atoms with Gasteiger partial charge in [-0.15, -0.1) is 0 Å². The number of benzene rings is 2. The summed E-state index contributed by atoms with van der Waals surface area (Å²) in [5.41, 5.74) is 11.1. The van der Waals surface area contributed by atoms with Gasteiger partial charge in [0, 0.05) is 18.8 Å². The third-order valence-corrected chi connectivity index (χ3v) is 6.09. The van der Waals surface area contributed by atoms with Crippen LogP contribution in [0.25, 0.3) is 0 Å². The highest BCUT2D eigenvalue weighted by Gasteiger charge is 2.22. The first-order valence-electron chi connectivity index (χ1n) is 10.7. The minimum absolute atomic E-state index is 0.0573. The maximum absolute atomic E-state index is 12.5. The Kier molecular flexibility index (Phi) is 6.13. The van der Waals surface area contributed by atoms with Crippen molar-refractivity contribution in [2.45, 2.75) is 38.5 Å². The molecule has 0 aromatic heterocycles. The van der Waals surface area contributed by atoms with Crippen molar-refractivity contribution in [2.75, 3.05) is 25.0 Å². The fourth-order valence-electron chi connectivity index (χ4n) is 4.42. The molecule has 152 valence electrons. The van der Waals surface area contributed by atoms with Crippen molar-refractivity contribution < 1.29 is 4.79 Å². The molecule has 2 aromatic carbocycles. The minimum Gasteiger partial charge on any atom is -0.370 e. The van der Waals surface area contributed by atoms with Crippen LogP contribution in [0.4, 0.5) is 5.69 Å². The zero-order chi connectivity index (χ0) is 20.1. The second-order valence-electron chi connectivity index (χ2n) is 8.18. The van der Waals surface area contributed by atoms with Crippen LogP contribution in [0.1, 0.15) is 36.0 Å². The lowest BCUT2D eigenvalue weighted by Crippen LogP contribution is -2.40. The van der Waals surface area contributed by atoms with Gasteiger partial charge in [-0.1, -0.05) is 36.4 Å². The van der Waals surface area contributed by atoms with Gasteiger partial charge in [-0.3, -0.25) is 4.79 Å². The molecule has 1 fully saturated rings. The van der Waals surface area contributed by atoms with Crippen LogP contribution in [0.15, 0.2) is 53.5 Å². The Morgan fingerprint density at radius 3 is 2.62 bits per heavy atom. The van der Waals surface area contributed by atoms with E-state index in [1.807, 2.05) is 11.0 Å². The lowest BCUT2D eigenvalue weighted by atomic mass is 9.90. The summed E-state index contributed by atoms with van der Waals surface area (Å²) in [5.74, 6) is 1.01. The molecule has 1 saturated heterocycles. The van der Waals surface area contributed by atoms with E-state index in [0.717, 1.165) is 50.9 Å². The first-order valence-corrected chi connectivity index (χ1v) is 10.7. The van der Waals surface area contributed by atoms with Gasteiger partial charge in [0.05, 0.1) is 0 Å². The standard InChI is InChI=1S/C24H30N4O/c25-24(27-22-10-9-20-7-4-8-21(20)16-22)26-17-23(29)28-13-11-19(12-14-28)15-18-5-2-1-3-6-18/h1-3,5-6,9-10,16,19H,4,7-8,11-15,17H2,(H3,25,26,27). The van der Waals surface area contributed by atoms with E-state index in [1.54, 1.807) is 0 Å². The summed E-state index contributed by atoms with van der Waals surface area (Å²) in [7, 11) is 0. The van der Waals surface area contributed by atoms with Crippen molar-refractivity contribution in [3.8, 4) is 0 Å². The van der Waals surface area contributed by atoms with Crippen molar-refractivity contribution in [1.82, 2.24) is 4.90 Å². The molecule has 1 aliphatic carbocycles. The van der Waals surface area contributed by atoms with E-state index in [-0.39, 0.29) is 12.5 Å². The molecule has 5 heteroatoms. The molecule has 3 N–H and O–H groups in total. The molecule has 5 nitrogen and oxygen atoms in total. The lowest BCUT2D eigenvalue weighted by Gasteiger charge is -2.31. The zero-order valence-electron chi connectivity index (χ0n) is 16.9. The Morgan fingerprint density at radius 1 is 1.07 bits per heavy atom. The van der Waals surface area contributed by atoms with E-state index in [9.17, 15) is 4.79 Å². The van der Waals surface area contributed by atoms with Crippen molar-refractivity contribution in [3.05, 3.63) is 65.2 Å². The third-order valence-electron chi connectivity index (χ3n) is 6.09. The van der Waals surface area contributed by atoms with Crippen molar-refractivity contribution in [2.24, 2.45) is 16.6 Å². The highest BCUT2D eigenvalue weighted by atomic mass is 16.2. The van der Waals surface area contributed by atoms with Crippen molar-refractivity contribution in [1.29, 1.82) is 0 Å². The van der Waals surface area contributed by atoms with E-state index < -0.39 is 0 Å². The first-order chi connectivity index (χ1) is 14.2. The molecule has 4 rings (SSSR count). The topological polar surface area (TPSA) is 70.7 Å². The number of carbonyl (C=O) groups is 1. The molecule has 2 aromatic rings. The molecule has 0 radical (unpaired) electrons. The molecular formula is C24H30N4O. The van der Waals surface area contributed by atoms with Gasteiger partial charge < -0.3 is 16.0 Å². The number of nitrogens with zero attached hydrogens (tertiary/aromatic N) is 2. The van der Waals surface area contributed by atoms with Gasteiger partial charge in [0.2, 0.25) is 5.91 Å². The highest BCUT2D eigenvalue weighted by Crippen LogP contribution is 2.25. The Labute approximate surface area is 173 Å². The largest absolute Gasteiger partial charge is 0.370 e. The number of likely N-dealkylation sites (tertiary alicyclic amines) is 1. The average molecular weight is 391 g/mol. The summed E-state index contributed by atoms with van der Waals surface area (Å²) < 4.78 is 0. The Morgan fingerprint density at radius 2 is 1.83 bits per heavy atom. The number of carbonyl (C=O) groups excluding carboxylic acids is 1. The smallest absolute Gasteiger partial charge is 0.244 e. The number of aryl methyl sites for hydroxylation is 2. The molecule has 2 aliphatic rings. The molecule has 1 amide bonds. The molecular weight excluding hydrogens is 360 g/mol. The minimum atomic E-state index is 0.0573. The van der Waals surface area contributed by atoms with Gasteiger partial charge in [0.25, 0.3) is 0 Å². The number of guanidine groups is 1. The van der Waals surface area contributed by atoms with E-state index in [4.69, 9.17) is 5.73 Å². The summed E-state index contributed by atoms with van der Waals surface area (Å²) in [5, 5.41) is 3.12. The Hall–Kier alpha value is -2.82. The van der Waals surface area contributed by atoms with Gasteiger partial charge in [0.1, 0.15) is 6.54 Å². The van der Waals surface area contributed by atoms with Gasteiger partial charge >= 0.3 is 0 Å². The van der Waals surface area contributed by atoms with Gasteiger partial charge in [-0.25, -0.2) is 4.99 Å². The fourth-order valence-corrected chi connectivity index (χ4v) is 4.42. The number of hydrogen-bond acceptors (Lipinski definition) is 2. The maximum atomic E-state index is 12.5. The summed E-state index contributed by atoms with van der Waals surface area (Å²) in [6.45, 7) is 1.72. The first kappa shape index (κ1) is 19.5. The second-order valence-corrected chi connectivity index (χ2v) is 8.18. The lowest BCUT2D eigenvalue weighted by molar-refractivity contribution is -0.130. The number of hydrogen-bond donors (Lipinski definition) is 2. The molecule has 0 bridgehead atoms. The molecule has 0 atom stereocenters. The van der Waals surface area contributed by atoms with Crippen LogP contribution >= 0.6 is 0 Å². The average Bonchev–Trinajstić information content (AvgIpc) is 3.21. The highest BCUT2D eigenvalue weighted by molar-refractivity contribution is 5.94. The maximum Gasteiger partial charge on any atom is 0.244 e. The summed E-state index contributed by atoms with van der Waals surface area (Å²) >= 11 is 0. The van der Waals surface area contributed by atoms with Crippen LogP contribution in [0, 0.1) is 5.92 Å². The van der Waals surface area contributed by atoms with E-state index >= 15 is 0 Å². The number of aliphatic imine (C=N–C) groups is 1. The molecule has 1 aliphatic heterocycles. The number of fused-ring (bicyclic) bond motifs is 1. The monoisotopic (exact) mass is 390 g/mol. The van der Waals surface area contributed by atoms with Crippen LogP contribution in [-0.4, -0.2) is 36.4 Å². The van der Waals surface area contributed by atoms with Crippen molar-refractivity contribution in [3.63, 3.8) is 0 Å². The molecule has 0 spiro atoms. The van der Waals surface area contributed by atoms with E-state index in [2.05, 4.69) is 52.8 Å². The molecule has 29 heavy (non-hydrogen) atoms. The van der Waals surface area contributed by atoms with Crippen LogP contribution in [-0.2, 0) is 24.1 Å². The number of piperidine rings is 1.